The summed E-state index contributed by atoms with van der Waals surface area (Å²) in [4.78, 5) is 21.4. The molecule has 0 fully saturated rings. The Kier molecular flexibility index (Phi) is 5.14. The van der Waals surface area contributed by atoms with Gasteiger partial charge in [-0.15, -0.1) is 0 Å². The molecule has 6 heteroatoms. The summed E-state index contributed by atoms with van der Waals surface area (Å²) in [5.74, 6) is 0.515. The monoisotopic (exact) mass is 414 g/mol. The minimum atomic E-state index is -0.0435. The van der Waals surface area contributed by atoms with Crippen molar-refractivity contribution in [1.82, 2.24) is 14.5 Å². The summed E-state index contributed by atoms with van der Waals surface area (Å²) in [5.41, 5.74) is 1.73. The number of pyridine rings is 1. The zero-order valence-corrected chi connectivity index (χ0v) is 17.0. The lowest BCUT2D eigenvalue weighted by Crippen LogP contribution is -2.27. The first-order chi connectivity index (χ1) is 12.2. The largest absolute Gasteiger partial charge is 0.348 e. The van der Waals surface area contributed by atoms with Gasteiger partial charge >= 0.3 is 0 Å². The molecule has 3 rings (SSSR count). The van der Waals surface area contributed by atoms with E-state index in [4.69, 9.17) is 0 Å². The van der Waals surface area contributed by atoms with Crippen LogP contribution in [0.15, 0.2) is 51.9 Å². The number of anilines is 1. The number of hydrogen-bond acceptors (Lipinski definition) is 4. The SMILES string of the molecule is CC(Nc1ncc2ccc(=O)n(CC(C)(C)C)c2n1)c1ccc(Br)cc1. The highest BCUT2D eigenvalue weighted by Gasteiger charge is 2.16. The first kappa shape index (κ1) is 18.6. The summed E-state index contributed by atoms with van der Waals surface area (Å²) in [6.45, 7) is 8.97. The third-order valence-electron chi connectivity index (χ3n) is 4.07. The summed E-state index contributed by atoms with van der Waals surface area (Å²) in [7, 11) is 0. The quantitative estimate of drug-likeness (QED) is 0.667. The molecule has 0 saturated carbocycles. The zero-order chi connectivity index (χ0) is 18.9. The zero-order valence-electron chi connectivity index (χ0n) is 15.5. The highest BCUT2D eigenvalue weighted by Crippen LogP contribution is 2.22. The number of hydrogen-bond donors (Lipinski definition) is 1. The van der Waals surface area contributed by atoms with Crippen molar-refractivity contribution in [3.8, 4) is 0 Å². The van der Waals surface area contributed by atoms with Crippen molar-refractivity contribution in [3.63, 3.8) is 0 Å². The Morgan fingerprint density at radius 1 is 1.15 bits per heavy atom. The fourth-order valence-corrected chi connectivity index (χ4v) is 3.06. The maximum atomic E-state index is 12.4. The molecular weight excluding hydrogens is 392 g/mol. The Morgan fingerprint density at radius 3 is 2.50 bits per heavy atom. The van der Waals surface area contributed by atoms with E-state index < -0.39 is 0 Å². The van der Waals surface area contributed by atoms with Gasteiger partial charge in [-0.3, -0.25) is 9.36 Å². The molecule has 2 aromatic heterocycles. The molecule has 5 nitrogen and oxygen atoms in total. The molecular formula is C20H23BrN4O. The molecule has 1 atom stereocenters. The van der Waals surface area contributed by atoms with E-state index in [2.05, 4.69) is 71.0 Å². The summed E-state index contributed by atoms with van der Waals surface area (Å²) in [5, 5.41) is 4.18. The van der Waals surface area contributed by atoms with E-state index in [1.165, 1.54) is 0 Å². The van der Waals surface area contributed by atoms with E-state index in [1.54, 1.807) is 22.9 Å². The maximum Gasteiger partial charge on any atom is 0.252 e. The van der Waals surface area contributed by atoms with Crippen LogP contribution in [0.4, 0.5) is 5.95 Å². The fourth-order valence-electron chi connectivity index (χ4n) is 2.80. The standard InChI is InChI=1S/C20H23BrN4O/c1-13(14-5-8-16(21)9-6-14)23-19-22-11-15-7-10-17(26)25(18(15)24-19)12-20(2,3)4/h5-11,13H,12H2,1-4H3,(H,22,23,24). The molecule has 0 saturated heterocycles. The third-order valence-corrected chi connectivity index (χ3v) is 4.60. The summed E-state index contributed by atoms with van der Waals surface area (Å²) >= 11 is 3.45. The second kappa shape index (κ2) is 7.19. The van der Waals surface area contributed by atoms with Crippen LogP contribution in [0.2, 0.25) is 0 Å². The lowest BCUT2D eigenvalue weighted by Gasteiger charge is -2.21. The number of benzene rings is 1. The molecule has 0 aliphatic heterocycles. The molecule has 1 N–H and O–H groups in total. The second-order valence-corrected chi connectivity index (χ2v) is 8.62. The van der Waals surface area contributed by atoms with E-state index in [9.17, 15) is 4.79 Å². The van der Waals surface area contributed by atoms with E-state index >= 15 is 0 Å². The highest BCUT2D eigenvalue weighted by molar-refractivity contribution is 9.10. The van der Waals surface area contributed by atoms with Crippen molar-refractivity contribution in [3.05, 3.63) is 63.0 Å². The number of nitrogens with one attached hydrogen (secondary N) is 1. The number of aromatic nitrogens is 3. The minimum Gasteiger partial charge on any atom is -0.348 e. The van der Waals surface area contributed by atoms with E-state index in [-0.39, 0.29) is 17.0 Å². The van der Waals surface area contributed by atoms with Crippen molar-refractivity contribution in [2.75, 3.05) is 5.32 Å². The van der Waals surface area contributed by atoms with Gasteiger partial charge in [0.2, 0.25) is 5.95 Å². The molecule has 0 bridgehead atoms. The van der Waals surface area contributed by atoms with Crippen LogP contribution in [0.3, 0.4) is 0 Å². The van der Waals surface area contributed by atoms with E-state index in [0.29, 0.717) is 18.1 Å². The van der Waals surface area contributed by atoms with Gasteiger partial charge in [-0.05, 0) is 36.1 Å². The predicted molar refractivity (Wildman–Crippen MR) is 109 cm³/mol. The number of fused-ring (bicyclic) bond motifs is 1. The molecule has 0 spiro atoms. The average Bonchev–Trinajstić information content (AvgIpc) is 2.57. The lowest BCUT2D eigenvalue weighted by molar-refractivity contribution is 0.343. The van der Waals surface area contributed by atoms with Gasteiger partial charge in [0.15, 0.2) is 0 Å². The molecule has 0 aliphatic carbocycles. The van der Waals surface area contributed by atoms with Gasteiger partial charge < -0.3 is 5.32 Å². The fraction of sp³-hybridized carbons (Fsp3) is 0.350. The van der Waals surface area contributed by atoms with Gasteiger partial charge in [0.25, 0.3) is 5.56 Å². The molecule has 136 valence electrons. The van der Waals surface area contributed by atoms with Crippen molar-refractivity contribution in [2.24, 2.45) is 5.41 Å². The minimum absolute atomic E-state index is 0.0264. The van der Waals surface area contributed by atoms with Gasteiger partial charge in [-0.2, -0.15) is 4.98 Å². The summed E-state index contributed by atoms with van der Waals surface area (Å²) in [6, 6.07) is 11.5. The Bertz CT molecular complexity index is 974. The van der Waals surface area contributed by atoms with Gasteiger partial charge in [0.05, 0.1) is 6.04 Å². The van der Waals surface area contributed by atoms with E-state index in [1.807, 2.05) is 12.1 Å². The molecule has 0 aliphatic rings. The van der Waals surface area contributed by atoms with Crippen LogP contribution in [0.25, 0.3) is 11.0 Å². The topological polar surface area (TPSA) is 59.8 Å². The van der Waals surface area contributed by atoms with Gasteiger partial charge in [-0.25, -0.2) is 4.98 Å². The van der Waals surface area contributed by atoms with Crippen molar-refractivity contribution in [1.29, 1.82) is 0 Å². The van der Waals surface area contributed by atoms with Gasteiger partial charge in [0, 0.05) is 28.7 Å². The molecule has 1 aromatic carbocycles. The maximum absolute atomic E-state index is 12.4. The summed E-state index contributed by atoms with van der Waals surface area (Å²) in [6.07, 6.45) is 1.76. The predicted octanol–water partition coefficient (Wildman–Crippen LogP) is 4.77. The van der Waals surface area contributed by atoms with Gasteiger partial charge in [-0.1, -0.05) is 48.8 Å². The molecule has 26 heavy (non-hydrogen) atoms. The van der Waals surface area contributed by atoms with Crippen molar-refractivity contribution in [2.45, 2.75) is 40.3 Å². The molecule has 2 heterocycles. The molecule has 0 amide bonds. The summed E-state index contributed by atoms with van der Waals surface area (Å²) < 4.78 is 2.77. The Morgan fingerprint density at radius 2 is 1.85 bits per heavy atom. The molecule has 3 aromatic rings. The molecule has 1 unspecified atom stereocenters. The smallest absolute Gasteiger partial charge is 0.252 e. The van der Waals surface area contributed by atoms with Gasteiger partial charge in [0.1, 0.15) is 5.65 Å². The molecule has 0 radical (unpaired) electrons. The third kappa shape index (κ3) is 4.30. The number of nitrogens with zero attached hydrogens (tertiary/aromatic N) is 3. The van der Waals surface area contributed by atoms with Crippen molar-refractivity contribution >= 4 is 32.9 Å². The van der Waals surface area contributed by atoms with Crippen LogP contribution in [-0.4, -0.2) is 14.5 Å². The van der Waals surface area contributed by atoms with Crippen LogP contribution in [-0.2, 0) is 6.54 Å². The first-order valence-electron chi connectivity index (χ1n) is 8.61. The van der Waals surface area contributed by atoms with E-state index in [0.717, 1.165) is 15.4 Å². The number of halogens is 1. The Labute approximate surface area is 161 Å². The Balaban J connectivity index is 1.96. The first-order valence-corrected chi connectivity index (χ1v) is 9.41. The van der Waals surface area contributed by atoms with Crippen LogP contribution in [0, 0.1) is 5.41 Å². The van der Waals surface area contributed by atoms with Crippen LogP contribution in [0.5, 0.6) is 0 Å². The van der Waals surface area contributed by atoms with Crippen LogP contribution in [0.1, 0.15) is 39.3 Å². The average molecular weight is 415 g/mol. The highest BCUT2D eigenvalue weighted by atomic mass is 79.9. The van der Waals surface area contributed by atoms with Crippen LogP contribution < -0.4 is 10.9 Å². The normalized spacial score (nSPS) is 13.0. The van der Waals surface area contributed by atoms with Crippen molar-refractivity contribution < 1.29 is 0 Å². The lowest BCUT2D eigenvalue weighted by atomic mass is 9.97. The Hall–Kier alpha value is -2.21. The number of rotatable bonds is 4. The second-order valence-electron chi connectivity index (χ2n) is 7.71. The van der Waals surface area contributed by atoms with Crippen LogP contribution >= 0.6 is 15.9 Å².